The van der Waals surface area contributed by atoms with Gasteiger partial charge in [-0.25, -0.2) is 9.97 Å². The minimum Gasteiger partial charge on any atom is -0.383 e. The maximum atomic E-state index is 6.32. The van der Waals surface area contributed by atoms with Crippen molar-refractivity contribution in [2.45, 2.75) is 45.2 Å². The Labute approximate surface area is 153 Å². The van der Waals surface area contributed by atoms with Crippen LogP contribution in [-0.2, 0) is 6.54 Å². The van der Waals surface area contributed by atoms with E-state index in [0.717, 1.165) is 22.3 Å². The topological polar surface area (TPSA) is 68.8 Å². The van der Waals surface area contributed by atoms with Crippen molar-refractivity contribution in [3.8, 4) is 11.1 Å². The smallest absolute Gasteiger partial charge is 0.146 e. The second kappa shape index (κ2) is 5.34. The van der Waals surface area contributed by atoms with Crippen LogP contribution in [0.5, 0.6) is 0 Å². The van der Waals surface area contributed by atoms with Gasteiger partial charge in [-0.3, -0.25) is 0 Å². The third-order valence-corrected chi connectivity index (χ3v) is 5.59. The Kier molecular flexibility index (Phi) is 3.17. The molecule has 2 aliphatic rings. The largest absolute Gasteiger partial charge is 0.383 e. The van der Waals surface area contributed by atoms with Crippen molar-refractivity contribution in [1.82, 2.24) is 19.9 Å². The number of fused-ring (bicyclic) bond motifs is 5. The zero-order valence-electron chi connectivity index (χ0n) is 15.2. The minimum absolute atomic E-state index is 0.276. The highest BCUT2D eigenvalue weighted by Gasteiger charge is 2.29. The highest BCUT2D eigenvalue weighted by atomic mass is 15.1. The average Bonchev–Trinajstić information content (AvgIpc) is 3.42. The predicted molar refractivity (Wildman–Crippen MR) is 106 cm³/mol. The SMILES string of the molecule is C=C1NCc2c(c3c(N)ncnc3n2C(C)C)-c2ccc(C3CC3)cc21. The van der Waals surface area contributed by atoms with E-state index in [9.17, 15) is 0 Å². The van der Waals surface area contributed by atoms with E-state index in [1.807, 2.05) is 0 Å². The minimum atomic E-state index is 0.276. The highest BCUT2D eigenvalue weighted by molar-refractivity contribution is 6.05. The first-order chi connectivity index (χ1) is 12.6. The molecule has 5 nitrogen and oxygen atoms in total. The molecular formula is C21H23N5. The van der Waals surface area contributed by atoms with Crippen LogP contribution >= 0.6 is 0 Å². The lowest BCUT2D eigenvalue weighted by Crippen LogP contribution is -2.14. The van der Waals surface area contributed by atoms with Crippen molar-refractivity contribution in [2.75, 3.05) is 5.73 Å². The fourth-order valence-electron chi connectivity index (χ4n) is 4.21. The van der Waals surface area contributed by atoms with Gasteiger partial charge in [-0.1, -0.05) is 18.7 Å². The number of nitrogen functional groups attached to an aromatic ring is 1. The Bertz CT molecular complexity index is 1060. The molecule has 5 heteroatoms. The number of nitrogens with two attached hydrogens (primary N) is 1. The van der Waals surface area contributed by atoms with Gasteiger partial charge in [0.1, 0.15) is 17.8 Å². The zero-order chi connectivity index (χ0) is 18.0. The van der Waals surface area contributed by atoms with E-state index in [2.05, 4.69) is 58.5 Å². The van der Waals surface area contributed by atoms with Crippen LogP contribution in [-0.4, -0.2) is 14.5 Å². The zero-order valence-corrected chi connectivity index (χ0v) is 15.2. The Morgan fingerprint density at radius 1 is 1.23 bits per heavy atom. The van der Waals surface area contributed by atoms with Crippen molar-refractivity contribution >= 4 is 22.5 Å². The number of nitrogens with zero attached hydrogens (tertiary/aromatic N) is 3. The van der Waals surface area contributed by atoms with Crippen LogP contribution in [0.2, 0.25) is 0 Å². The number of rotatable bonds is 2. The second-order valence-corrected chi connectivity index (χ2v) is 7.65. The third kappa shape index (κ3) is 2.09. The molecule has 0 saturated heterocycles. The average molecular weight is 345 g/mol. The summed E-state index contributed by atoms with van der Waals surface area (Å²) in [5.74, 6) is 1.25. The van der Waals surface area contributed by atoms with Crippen LogP contribution in [0, 0.1) is 0 Å². The monoisotopic (exact) mass is 345 g/mol. The summed E-state index contributed by atoms with van der Waals surface area (Å²) in [4.78, 5) is 8.85. The Balaban J connectivity index is 1.88. The second-order valence-electron chi connectivity index (χ2n) is 7.65. The molecule has 2 aromatic heterocycles. The Hall–Kier alpha value is -2.82. The molecule has 0 atom stereocenters. The summed E-state index contributed by atoms with van der Waals surface area (Å²) in [6.07, 6.45) is 4.13. The van der Waals surface area contributed by atoms with Gasteiger partial charge >= 0.3 is 0 Å². The molecule has 3 aromatic rings. The van der Waals surface area contributed by atoms with E-state index in [1.54, 1.807) is 6.33 Å². The molecular weight excluding hydrogens is 322 g/mol. The van der Waals surface area contributed by atoms with Gasteiger partial charge in [0.25, 0.3) is 0 Å². The molecule has 0 radical (unpaired) electrons. The van der Waals surface area contributed by atoms with Crippen LogP contribution < -0.4 is 11.1 Å². The van der Waals surface area contributed by atoms with Gasteiger partial charge in [-0.2, -0.15) is 0 Å². The number of nitrogens with one attached hydrogen (secondary N) is 1. The quantitative estimate of drug-likeness (QED) is 0.730. The van der Waals surface area contributed by atoms with Crippen LogP contribution in [0.4, 0.5) is 5.82 Å². The van der Waals surface area contributed by atoms with E-state index in [0.29, 0.717) is 18.3 Å². The summed E-state index contributed by atoms with van der Waals surface area (Å²) in [5.41, 5.74) is 14.3. The van der Waals surface area contributed by atoms with E-state index >= 15 is 0 Å². The number of benzene rings is 1. The van der Waals surface area contributed by atoms with Crippen LogP contribution in [0.25, 0.3) is 27.9 Å². The van der Waals surface area contributed by atoms with Gasteiger partial charge in [-0.15, -0.1) is 0 Å². The van der Waals surface area contributed by atoms with E-state index < -0.39 is 0 Å². The molecule has 26 heavy (non-hydrogen) atoms. The molecule has 0 unspecified atom stereocenters. The summed E-state index contributed by atoms with van der Waals surface area (Å²) in [7, 11) is 0. The van der Waals surface area contributed by atoms with Gasteiger partial charge in [0.15, 0.2) is 0 Å². The van der Waals surface area contributed by atoms with Gasteiger partial charge < -0.3 is 15.6 Å². The lowest BCUT2D eigenvalue weighted by molar-refractivity contribution is 0.584. The molecule has 3 heterocycles. The Morgan fingerprint density at radius 3 is 2.77 bits per heavy atom. The van der Waals surface area contributed by atoms with Gasteiger partial charge in [0.2, 0.25) is 0 Å². The van der Waals surface area contributed by atoms with Crippen molar-refractivity contribution in [1.29, 1.82) is 0 Å². The number of aromatic nitrogens is 3. The first-order valence-electron chi connectivity index (χ1n) is 9.27. The molecule has 0 bridgehead atoms. The lowest BCUT2D eigenvalue weighted by atomic mass is 9.94. The van der Waals surface area contributed by atoms with Crippen molar-refractivity contribution in [2.24, 2.45) is 0 Å². The number of hydrogen-bond acceptors (Lipinski definition) is 4. The molecule has 0 spiro atoms. The Morgan fingerprint density at radius 2 is 2.04 bits per heavy atom. The molecule has 1 saturated carbocycles. The first-order valence-corrected chi connectivity index (χ1v) is 9.27. The van der Waals surface area contributed by atoms with E-state index in [-0.39, 0.29) is 6.04 Å². The molecule has 1 aliphatic heterocycles. The maximum Gasteiger partial charge on any atom is 0.146 e. The summed E-state index contributed by atoms with van der Waals surface area (Å²) in [5, 5.41) is 4.47. The summed E-state index contributed by atoms with van der Waals surface area (Å²) >= 11 is 0. The van der Waals surface area contributed by atoms with Gasteiger partial charge in [0, 0.05) is 28.6 Å². The van der Waals surface area contributed by atoms with E-state index in [4.69, 9.17) is 5.73 Å². The standard InChI is InChI=1S/C21H23N5/c1-11(2)26-17-9-23-12(3)16-8-14(13-4-5-13)6-7-15(16)18(17)19-20(22)24-10-25-21(19)26/h6-8,10-11,13,23H,3-5,9H2,1-2H3,(H2,22,24,25). The van der Waals surface area contributed by atoms with Crippen LogP contribution in [0.3, 0.4) is 0 Å². The number of hydrogen-bond donors (Lipinski definition) is 2. The molecule has 132 valence electrons. The van der Waals surface area contributed by atoms with E-state index in [1.165, 1.54) is 35.2 Å². The van der Waals surface area contributed by atoms with Crippen LogP contribution in [0.1, 0.15) is 55.5 Å². The van der Waals surface area contributed by atoms with Gasteiger partial charge in [-0.05, 0) is 49.8 Å². The molecule has 5 rings (SSSR count). The maximum absolute atomic E-state index is 6.32. The summed E-state index contributed by atoms with van der Waals surface area (Å²) in [6.45, 7) is 9.35. The van der Waals surface area contributed by atoms with Gasteiger partial charge in [0.05, 0.1) is 11.9 Å². The molecule has 0 amide bonds. The van der Waals surface area contributed by atoms with Crippen molar-refractivity contribution in [3.63, 3.8) is 0 Å². The van der Waals surface area contributed by atoms with Crippen molar-refractivity contribution in [3.05, 3.63) is 47.9 Å². The number of anilines is 1. The normalized spacial score (nSPS) is 16.3. The molecule has 1 fully saturated rings. The molecule has 1 aromatic carbocycles. The molecule has 1 aliphatic carbocycles. The highest BCUT2D eigenvalue weighted by Crippen LogP contribution is 2.46. The molecule has 3 N–H and O–H groups in total. The van der Waals surface area contributed by atoms with Crippen LogP contribution in [0.15, 0.2) is 31.1 Å². The predicted octanol–water partition coefficient (Wildman–Crippen LogP) is 4.21. The summed E-state index contributed by atoms with van der Waals surface area (Å²) < 4.78 is 2.27. The van der Waals surface area contributed by atoms with Crippen molar-refractivity contribution < 1.29 is 0 Å². The lowest BCUT2D eigenvalue weighted by Gasteiger charge is -2.14. The summed E-state index contributed by atoms with van der Waals surface area (Å²) in [6, 6.07) is 7.07. The fourth-order valence-corrected chi connectivity index (χ4v) is 4.21. The first kappa shape index (κ1) is 15.4. The third-order valence-electron chi connectivity index (χ3n) is 5.59. The fraction of sp³-hybridized carbons (Fsp3) is 0.333.